The van der Waals surface area contributed by atoms with E-state index in [0.29, 0.717) is 29.7 Å². The number of benzene rings is 1. The van der Waals surface area contributed by atoms with Gasteiger partial charge < -0.3 is 9.64 Å². The Hall–Kier alpha value is -2.40. The Bertz CT molecular complexity index is 1190. The van der Waals surface area contributed by atoms with Crippen molar-refractivity contribution in [2.24, 2.45) is 0 Å². The number of ether oxygens (including phenoxy) is 1. The summed E-state index contributed by atoms with van der Waals surface area (Å²) in [5.41, 5.74) is 0.641. The molecule has 158 valence electrons. The van der Waals surface area contributed by atoms with Gasteiger partial charge in [0.05, 0.1) is 17.7 Å². The van der Waals surface area contributed by atoms with Crippen LogP contribution in [0.2, 0.25) is 5.15 Å². The van der Waals surface area contributed by atoms with E-state index in [-0.39, 0.29) is 23.9 Å². The van der Waals surface area contributed by atoms with Gasteiger partial charge in [-0.15, -0.1) is 11.3 Å². The Morgan fingerprint density at radius 2 is 1.90 bits per heavy atom. The number of methoxy groups -OCH3 is 1. The van der Waals surface area contributed by atoms with Crippen molar-refractivity contribution >= 4 is 49.9 Å². The van der Waals surface area contributed by atoms with Crippen LogP contribution in [0.1, 0.15) is 5.69 Å². The zero-order valence-corrected chi connectivity index (χ0v) is 18.5. The lowest BCUT2D eigenvalue weighted by molar-refractivity contribution is -0.127. The minimum Gasteiger partial charge on any atom is -0.497 e. The number of halogens is 1. The van der Waals surface area contributed by atoms with Gasteiger partial charge in [0, 0.05) is 43.8 Å². The van der Waals surface area contributed by atoms with Crippen LogP contribution in [0.5, 0.6) is 5.75 Å². The third kappa shape index (κ3) is 3.95. The first-order valence-corrected chi connectivity index (χ1v) is 11.8. The van der Waals surface area contributed by atoms with Crippen LogP contribution in [-0.2, 0) is 14.8 Å². The number of thiazole rings is 1. The van der Waals surface area contributed by atoms with Gasteiger partial charge in [0.15, 0.2) is 10.1 Å². The Kier molecular flexibility index (Phi) is 5.83. The van der Waals surface area contributed by atoms with Gasteiger partial charge >= 0.3 is 0 Å². The molecule has 1 saturated heterocycles. The van der Waals surface area contributed by atoms with Crippen molar-refractivity contribution in [2.45, 2.75) is 4.90 Å². The summed E-state index contributed by atoms with van der Waals surface area (Å²) in [6, 6.07) is 6.27. The monoisotopic (exact) mass is 466 g/mol. The average molecular weight is 467 g/mol. The summed E-state index contributed by atoms with van der Waals surface area (Å²) in [5.74, 6) is 0.395. The Morgan fingerprint density at radius 3 is 2.57 bits per heavy atom. The zero-order chi connectivity index (χ0) is 21.3. The van der Waals surface area contributed by atoms with Gasteiger partial charge in [-0.25, -0.2) is 13.4 Å². The van der Waals surface area contributed by atoms with E-state index in [1.807, 2.05) is 16.0 Å². The van der Waals surface area contributed by atoms with Crippen LogP contribution in [0.25, 0.3) is 11.0 Å². The Balaban J connectivity index is 1.40. The Labute approximate surface area is 183 Å². The summed E-state index contributed by atoms with van der Waals surface area (Å²) in [6.45, 7) is 1.09. The quantitative estimate of drug-likeness (QED) is 0.540. The summed E-state index contributed by atoms with van der Waals surface area (Å²) in [6.07, 6.45) is 4.92. The third-order valence-corrected chi connectivity index (χ3v) is 7.83. The number of amides is 1. The number of hydrogen-bond donors (Lipinski definition) is 0. The number of fused-ring (bicyclic) bond motifs is 1. The topological polar surface area (TPSA) is 84.2 Å². The standard InChI is InChI=1S/C19H19ClN4O4S2/c1-28-14-2-4-15(5-3-14)30(26,27)23-10-8-22(9-11-23)17(25)7-6-16-18(20)21-19-24(16)12-13-29-19/h2-7,12-13H,8-11H2,1H3/b7-6+. The largest absolute Gasteiger partial charge is 0.497 e. The van der Waals surface area contributed by atoms with Crippen molar-refractivity contribution in [3.8, 4) is 5.75 Å². The molecule has 0 spiro atoms. The predicted octanol–water partition coefficient (Wildman–Crippen LogP) is 2.60. The van der Waals surface area contributed by atoms with Crippen molar-refractivity contribution in [1.29, 1.82) is 0 Å². The second-order valence-electron chi connectivity index (χ2n) is 6.58. The van der Waals surface area contributed by atoms with Gasteiger partial charge in [-0.3, -0.25) is 9.20 Å². The highest BCUT2D eigenvalue weighted by Gasteiger charge is 2.29. The maximum Gasteiger partial charge on any atom is 0.246 e. The summed E-state index contributed by atoms with van der Waals surface area (Å²) in [4.78, 5) is 19.4. The SMILES string of the molecule is COc1ccc(S(=O)(=O)N2CCN(C(=O)/C=C/c3c(Cl)nc4sccn34)CC2)cc1. The smallest absolute Gasteiger partial charge is 0.246 e. The van der Waals surface area contributed by atoms with E-state index in [9.17, 15) is 13.2 Å². The van der Waals surface area contributed by atoms with E-state index >= 15 is 0 Å². The second-order valence-corrected chi connectivity index (χ2v) is 9.75. The van der Waals surface area contributed by atoms with Crippen molar-refractivity contribution in [3.63, 3.8) is 0 Å². The first-order chi connectivity index (χ1) is 14.4. The lowest BCUT2D eigenvalue weighted by atomic mass is 10.3. The normalized spacial score (nSPS) is 15.9. The van der Waals surface area contributed by atoms with Gasteiger partial charge in [0.1, 0.15) is 5.75 Å². The van der Waals surface area contributed by atoms with Crippen molar-refractivity contribution in [1.82, 2.24) is 18.6 Å². The van der Waals surface area contributed by atoms with Crippen molar-refractivity contribution in [2.75, 3.05) is 33.3 Å². The molecule has 1 aliphatic heterocycles. The van der Waals surface area contributed by atoms with Gasteiger partial charge in [-0.2, -0.15) is 4.31 Å². The molecule has 0 unspecified atom stereocenters. The molecule has 0 saturated carbocycles. The maximum absolute atomic E-state index is 12.8. The molecule has 3 heterocycles. The van der Waals surface area contributed by atoms with Crippen molar-refractivity contribution < 1.29 is 17.9 Å². The molecule has 2 aromatic heterocycles. The number of carbonyl (C=O) groups is 1. The van der Waals surface area contributed by atoms with Gasteiger partial charge in [-0.1, -0.05) is 11.6 Å². The van der Waals surface area contributed by atoms with E-state index < -0.39 is 10.0 Å². The lowest BCUT2D eigenvalue weighted by Gasteiger charge is -2.33. The maximum atomic E-state index is 12.8. The van der Waals surface area contributed by atoms with E-state index in [2.05, 4.69) is 4.98 Å². The number of nitrogens with zero attached hydrogens (tertiary/aromatic N) is 4. The number of hydrogen-bond acceptors (Lipinski definition) is 6. The molecular weight excluding hydrogens is 448 g/mol. The highest BCUT2D eigenvalue weighted by molar-refractivity contribution is 7.89. The molecule has 1 amide bonds. The summed E-state index contributed by atoms with van der Waals surface area (Å²) in [5, 5.41) is 2.22. The second kappa shape index (κ2) is 8.38. The highest BCUT2D eigenvalue weighted by Crippen LogP contribution is 2.23. The average Bonchev–Trinajstić information content (AvgIpc) is 3.32. The van der Waals surface area contributed by atoms with Gasteiger partial charge in [0.25, 0.3) is 0 Å². The van der Waals surface area contributed by atoms with Gasteiger partial charge in [0.2, 0.25) is 15.9 Å². The van der Waals surface area contributed by atoms with Crippen LogP contribution in [-0.4, -0.2) is 66.2 Å². The first-order valence-electron chi connectivity index (χ1n) is 9.12. The van der Waals surface area contributed by atoms with E-state index in [1.54, 1.807) is 23.1 Å². The van der Waals surface area contributed by atoms with E-state index in [0.717, 1.165) is 4.96 Å². The highest BCUT2D eigenvalue weighted by atomic mass is 35.5. The summed E-state index contributed by atoms with van der Waals surface area (Å²) >= 11 is 7.60. The fourth-order valence-corrected chi connectivity index (χ4v) is 5.65. The fraction of sp³-hybridized carbons (Fsp3) is 0.263. The minimum absolute atomic E-state index is 0.197. The molecule has 11 heteroatoms. The molecule has 1 aromatic carbocycles. The van der Waals surface area contributed by atoms with Crippen LogP contribution in [0.4, 0.5) is 0 Å². The van der Waals surface area contributed by atoms with Crippen LogP contribution < -0.4 is 4.74 Å². The summed E-state index contributed by atoms with van der Waals surface area (Å²) < 4.78 is 33.9. The molecule has 3 aromatic rings. The summed E-state index contributed by atoms with van der Waals surface area (Å²) in [7, 11) is -2.09. The molecule has 4 rings (SSSR count). The molecule has 0 radical (unpaired) electrons. The van der Waals surface area contributed by atoms with Crippen LogP contribution in [0, 0.1) is 0 Å². The molecule has 8 nitrogen and oxygen atoms in total. The van der Waals surface area contributed by atoms with Crippen molar-refractivity contribution in [3.05, 3.63) is 52.8 Å². The minimum atomic E-state index is -3.61. The predicted molar refractivity (Wildman–Crippen MR) is 115 cm³/mol. The number of imidazole rings is 1. The molecule has 1 fully saturated rings. The molecule has 0 bridgehead atoms. The van der Waals surface area contributed by atoms with Crippen LogP contribution in [0.15, 0.2) is 46.8 Å². The Morgan fingerprint density at radius 1 is 1.20 bits per heavy atom. The lowest BCUT2D eigenvalue weighted by Crippen LogP contribution is -2.50. The number of rotatable bonds is 5. The molecule has 0 aliphatic carbocycles. The number of sulfonamides is 1. The van der Waals surface area contributed by atoms with Crippen LogP contribution >= 0.6 is 22.9 Å². The molecule has 0 atom stereocenters. The first kappa shape index (κ1) is 20.9. The molecule has 0 N–H and O–H groups in total. The molecule has 30 heavy (non-hydrogen) atoms. The fourth-order valence-electron chi connectivity index (χ4n) is 3.23. The zero-order valence-electron chi connectivity index (χ0n) is 16.1. The number of carbonyl (C=O) groups excluding carboxylic acids is 1. The van der Waals surface area contributed by atoms with Gasteiger partial charge in [-0.05, 0) is 30.3 Å². The molecule has 1 aliphatic rings. The number of aromatic nitrogens is 2. The molecular formula is C19H19ClN4O4S2. The van der Waals surface area contributed by atoms with E-state index in [1.165, 1.54) is 41.0 Å². The van der Waals surface area contributed by atoms with E-state index in [4.69, 9.17) is 16.3 Å². The number of piperazine rings is 1. The third-order valence-electron chi connectivity index (χ3n) is 4.89. The van der Waals surface area contributed by atoms with Crippen LogP contribution in [0.3, 0.4) is 0 Å².